The van der Waals surface area contributed by atoms with E-state index in [2.05, 4.69) is 10.0 Å². The van der Waals surface area contributed by atoms with Gasteiger partial charge in [-0.1, -0.05) is 18.1 Å². The van der Waals surface area contributed by atoms with Gasteiger partial charge in [-0.15, -0.1) is 0 Å². The first-order chi connectivity index (χ1) is 4.85. The van der Waals surface area contributed by atoms with Gasteiger partial charge in [0.15, 0.2) is 0 Å². The van der Waals surface area contributed by atoms with Crippen molar-refractivity contribution in [3.05, 3.63) is 22.1 Å². The second-order valence-electron chi connectivity index (χ2n) is 1.69. The highest BCUT2D eigenvalue weighted by Gasteiger charge is 1.88. The van der Waals surface area contributed by atoms with Gasteiger partial charge in [-0.2, -0.15) is 0 Å². The largest absolute Gasteiger partial charge is 0.298 e. The molecule has 0 rings (SSSR count). The van der Waals surface area contributed by atoms with Crippen LogP contribution in [0.2, 0.25) is 0 Å². The van der Waals surface area contributed by atoms with Crippen molar-refractivity contribution < 1.29 is 4.79 Å². The predicted molar refractivity (Wildman–Crippen MR) is 38.5 cm³/mol. The standard InChI is InChI=1S/C6H9N3O/c1-2-3-6(5-10)4-8-9-7/h3,5H,2,4H2,1H3/b6-3-. The Hall–Kier alpha value is -1.28. The molecule has 4 heteroatoms. The molecule has 0 bridgehead atoms. The number of carbonyl (C=O) groups is 1. The summed E-state index contributed by atoms with van der Waals surface area (Å²) in [6.07, 6.45) is 3.23. The monoisotopic (exact) mass is 139 g/mol. The molecule has 0 aliphatic carbocycles. The first-order valence-corrected chi connectivity index (χ1v) is 3.00. The molecule has 0 aromatic rings. The number of aldehydes is 1. The zero-order chi connectivity index (χ0) is 7.82. The summed E-state index contributed by atoms with van der Waals surface area (Å²) in [7, 11) is 0. The first-order valence-electron chi connectivity index (χ1n) is 3.00. The molecular weight excluding hydrogens is 130 g/mol. The molecule has 10 heavy (non-hydrogen) atoms. The van der Waals surface area contributed by atoms with Crippen molar-refractivity contribution in [2.45, 2.75) is 13.3 Å². The minimum absolute atomic E-state index is 0.161. The molecule has 0 aromatic carbocycles. The van der Waals surface area contributed by atoms with Gasteiger partial charge in [0.05, 0.1) is 6.54 Å². The number of hydrogen-bond acceptors (Lipinski definition) is 2. The molecule has 0 spiro atoms. The maximum atomic E-state index is 10.1. The number of azide groups is 1. The topological polar surface area (TPSA) is 65.8 Å². The van der Waals surface area contributed by atoms with Gasteiger partial charge in [0.2, 0.25) is 0 Å². The number of hydrogen-bond donors (Lipinski definition) is 0. The smallest absolute Gasteiger partial charge is 0.145 e. The Kier molecular flexibility index (Phi) is 5.10. The van der Waals surface area contributed by atoms with E-state index in [1.54, 1.807) is 6.08 Å². The Morgan fingerprint density at radius 2 is 2.50 bits per heavy atom. The molecule has 0 aliphatic rings. The summed E-state index contributed by atoms with van der Waals surface area (Å²) in [5, 5.41) is 3.24. The van der Waals surface area contributed by atoms with Crippen molar-refractivity contribution in [2.24, 2.45) is 5.11 Å². The summed E-state index contributed by atoms with van der Waals surface area (Å²) in [4.78, 5) is 12.7. The fourth-order valence-corrected chi connectivity index (χ4v) is 0.525. The predicted octanol–water partition coefficient (Wildman–Crippen LogP) is 1.83. The molecule has 4 nitrogen and oxygen atoms in total. The second-order valence-corrected chi connectivity index (χ2v) is 1.69. The number of allylic oxidation sites excluding steroid dienone is 1. The lowest BCUT2D eigenvalue weighted by molar-refractivity contribution is -0.104. The quantitative estimate of drug-likeness (QED) is 0.192. The molecule has 0 atom stereocenters. The van der Waals surface area contributed by atoms with Crippen LogP contribution in [0.4, 0.5) is 0 Å². The molecular formula is C6H9N3O. The molecule has 0 fully saturated rings. The van der Waals surface area contributed by atoms with Crippen molar-refractivity contribution in [1.29, 1.82) is 0 Å². The lowest BCUT2D eigenvalue weighted by Crippen LogP contribution is -1.87. The SMILES string of the molecule is CC/C=C(\C=O)CN=[N+]=[N-]. The normalized spacial score (nSPS) is 10.3. The Morgan fingerprint density at radius 3 is 2.90 bits per heavy atom. The van der Waals surface area contributed by atoms with Crippen LogP contribution in [0, 0.1) is 0 Å². The van der Waals surface area contributed by atoms with Crippen LogP contribution in [-0.2, 0) is 4.79 Å². The molecule has 0 heterocycles. The van der Waals surface area contributed by atoms with E-state index in [0.29, 0.717) is 11.9 Å². The maximum Gasteiger partial charge on any atom is 0.145 e. The Balaban J connectivity index is 3.94. The molecule has 0 N–H and O–H groups in total. The van der Waals surface area contributed by atoms with Gasteiger partial charge in [0, 0.05) is 4.91 Å². The third kappa shape index (κ3) is 3.69. The highest BCUT2D eigenvalue weighted by atomic mass is 16.1. The summed E-state index contributed by atoms with van der Waals surface area (Å²) >= 11 is 0. The molecule has 0 unspecified atom stereocenters. The molecule has 0 radical (unpaired) electrons. The summed E-state index contributed by atoms with van der Waals surface area (Å²) in [6, 6.07) is 0. The van der Waals surface area contributed by atoms with E-state index in [1.807, 2.05) is 6.92 Å². The van der Waals surface area contributed by atoms with Crippen molar-refractivity contribution in [1.82, 2.24) is 0 Å². The van der Waals surface area contributed by atoms with Crippen molar-refractivity contribution in [3.8, 4) is 0 Å². The summed E-state index contributed by atoms with van der Waals surface area (Å²) < 4.78 is 0. The van der Waals surface area contributed by atoms with E-state index in [4.69, 9.17) is 5.53 Å². The van der Waals surface area contributed by atoms with Gasteiger partial charge in [0.25, 0.3) is 0 Å². The van der Waals surface area contributed by atoms with E-state index >= 15 is 0 Å². The van der Waals surface area contributed by atoms with Crippen LogP contribution in [0.15, 0.2) is 16.8 Å². The maximum absolute atomic E-state index is 10.1. The highest BCUT2D eigenvalue weighted by Crippen LogP contribution is 1.92. The van der Waals surface area contributed by atoms with Crippen LogP contribution < -0.4 is 0 Å². The Morgan fingerprint density at radius 1 is 1.80 bits per heavy atom. The molecule has 0 saturated carbocycles. The highest BCUT2D eigenvalue weighted by molar-refractivity contribution is 5.73. The Labute approximate surface area is 59.2 Å². The lowest BCUT2D eigenvalue weighted by atomic mass is 10.2. The number of carbonyl (C=O) groups excluding carboxylic acids is 1. The van der Waals surface area contributed by atoms with Crippen LogP contribution in [0.25, 0.3) is 10.4 Å². The molecule has 0 amide bonds. The zero-order valence-corrected chi connectivity index (χ0v) is 5.82. The lowest BCUT2D eigenvalue weighted by Gasteiger charge is -1.88. The van der Waals surface area contributed by atoms with E-state index in [-0.39, 0.29) is 6.54 Å². The summed E-state index contributed by atoms with van der Waals surface area (Å²) in [5.41, 5.74) is 8.44. The van der Waals surface area contributed by atoms with Crippen molar-refractivity contribution >= 4 is 6.29 Å². The van der Waals surface area contributed by atoms with E-state index in [1.165, 1.54) is 0 Å². The van der Waals surface area contributed by atoms with Crippen molar-refractivity contribution in [3.63, 3.8) is 0 Å². The van der Waals surface area contributed by atoms with Gasteiger partial charge in [-0.3, -0.25) is 4.79 Å². The first kappa shape index (κ1) is 8.72. The third-order valence-corrected chi connectivity index (χ3v) is 0.934. The molecule has 54 valence electrons. The Bertz CT molecular complexity index is 179. The van der Waals surface area contributed by atoms with E-state index in [0.717, 1.165) is 6.42 Å². The van der Waals surface area contributed by atoms with Crippen molar-refractivity contribution in [2.75, 3.05) is 6.54 Å². The molecule has 0 saturated heterocycles. The second kappa shape index (κ2) is 5.85. The minimum Gasteiger partial charge on any atom is -0.298 e. The summed E-state index contributed by atoms with van der Waals surface area (Å²) in [6.45, 7) is 2.08. The summed E-state index contributed by atoms with van der Waals surface area (Å²) in [5.74, 6) is 0. The van der Waals surface area contributed by atoms with Gasteiger partial charge < -0.3 is 0 Å². The molecule has 0 aromatic heterocycles. The van der Waals surface area contributed by atoms with Crippen LogP contribution in [0.5, 0.6) is 0 Å². The van der Waals surface area contributed by atoms with Crippen LogP contribution in [0.3, 0.4) is 0 Å². The van der Waals surface area contributed by atoms with Crippen LogP contribution in [-0.4, -0.2) is 12.8 Å². The average Bonchev–Trinajstić information content (AvgIpc) is 1.98. The van der Waals surface area contributed by atoms with Gasteiger partial charge in [-0.05, 0) is 17.5 Å². The minimum atomic E-state index is 0.161. The van der Waals surface area contributed by atoms with Gasteiger partial charge in [0.1, 0.15) is 6.29 Å². The number of nitrogens with zero attached hydrogens (tertiary/aromatic N) is 3. The van der Waals surface area contributed by atoms with E-state index in [9.17, 15) is 4.79 Å². The van der Waals surface area contributed by atoms with E-state index < -0.39 is 0 Å². The average molecular weight is 139 g/mol. The molecule has 0 aliphatic heterocycles. The van der Waals surface area contributed by atoms with Crippen LogP contribution in [0.1, 0.15) is 13.3 Å². The van der Waals surface area contributed by atoms with Gasteiger partial charge >= 0.3 is 0 Å². The third-order valence-electron chi connectivity index (χ3n) is 0.934. The zero-order valence-electron chi connectivity index (χ0n) is 5.82. The van der Waals surface area contributed by atoms with Gasteiger partial charge in [-0.25, -0.2) is 0 Å². The van der Waals surface area contributed by atoms with Crippen LogP contribution >= 0.6 is 0 Å². The fraction of sp³-hybridized carbons (Fsp3) is 0.500. The number of rotatable bonds is 4. The fourth-order valence-electron chi connectivity index (χ4n) is 0.525.